The highest BCUT2D eigenvalue weighted by molar-refractivity contribution is 9.11. The van der Waals surface area contributed by atoms with Crippen LogP contribution in [0.15, 0.2) is 21.1 Å². The number of halogens is 2. The number of benzene rings is 1. The fourth-order valence-electron chi connectivity index (χ4n) is 1.20. The molecular formula is C12H13Br2NO. The Morgan fingerprint density at radius 1 is 1.31 bits per heavy atom. The summed E-state index contributed by atoms with van der Waals surface area (Å²) in [5.74, 6) is 6.59. The number of rotatable bonds is 4. The van der Waals surface area contributed by atoms with Gasteiger partial charge in [0.25, 0.3) is 0 Å². The van der Waals surface area contributed by atoms with E-state index in [1.165, 1.54) is 0 Å². The van der Waals surface area contributed by atoms with Gasteiger partial charge in [-0.15, -0.1) is 11.8 Å². The predicted octanol–water partition coefficient (Wildman–Crippen LogP) is 3.46. The van der Waals surface area contributed by atoms with Crippen LogP contribution in [0.3, 0.4) is 0 Å². The van der Waals surface area contributed by atoms with Gasteiger partial charge in [-0.3, -0.25) is 0 Å². The van der Waals surface area contributed by atoms with Crippen LogP contribution in [0.1, 0.15) is 18.9 Å². The topological polar surface area (TPSA) is 35.2 Å². The molecule has 1 aromatic rings. The molecule has 0 radical (unpaired) electrons. The predicted molar refractivity (Wildman–Crippen MR) is 73.3 cm³/mol. The van der Waals surface area contributed by atoms with Crippen molar-refractivity contribution in [2.45, 2.75) is 19.9 Å². The highest BCUT2D eigenvalue weighted by Gasteiger charge is 2.07. The van der Waals surface area contributed by atoms with Gasteiger partial charge in [0.05, 0.1) is 15.6 Å². The molecule has 0 aromatic heterocycles. The Kier molecular flexibility index (Phi) is 5.89. The Bertz CT molecular complexity index is 398. The summed E-state index contributed by atoms with van der Waals surface area (Å²) in [5, 5.41) is 0. The normalized spacial score (nSPS) is 9.50. The summed E-state index contributed by atoms with van der Waals surface area (Å²) in [6.45, 7) is 2.92. The Hall–Kier alpha value is -0.500. The van der Waals surface area contributed by atoms with Crippen LogP contribution >= 0.6 is 31.9 Å². The van der Waals surface area contributed by atoms with Gasteiger partial charge in [0.15, 0.2) is 0 Å². The first-order valence-electron chi connectivity index (χ1n) is 4.89. The summed E-state index contributed by atoms with van der Waals surface area (Å²) in [4.78, 5) is 0. The molecule has 0 aliphatic carbocycles. The third-order valence-corrected chi connectivity index (χ3v) is 3.12. The Morgan fingerprint density at radius 2 is 1.94 bits per heavy atom. The molecule has 0 unspecified atom stereocenters. The quantitative estimate of drug-likeness (QED) is 0.669. The molecule has 0 saturated carbocycles. The molecule has 0 spiro atoms. The lowest BCUT2D eigenvalue weighted by Crippen LogP contribution is -2.00. The maximum atomic E-state index is 5.63. The second-order valence-corrected chi connectivity index (χ2v) is 4.83. The van der Waals surface area contributed by atoms with Crippen LogP contribution < -0.4 is 10.5 Å². The molecule has 2 N–H and O–H groups in total. The summed E-state index contributed by atoms with van der Waals surface area (Å²) in [5.41, 5.74) is 6.63. The molecular weight excluding hydrogens is 334 g/mol. The fraction of sp³-hybridized carbons (Fsp3) is 0.333. The van der Waals surface area contributed by atoms with Crippen molar-refractivity contribution in [3.8, 4) is 17.6 Å². The zero-order valence-electron chi connectivity index (χ0n) is 9.02. The monoisotopic (exact) mass is 345 g/mol. The van der Waals surface area contributed by atoms with E-state index in [9.17, 15) is 0 Å². The Balaban J connectivity index is 2.75. The van der Waals surface area contributed by atoms with E-state index in [1.54, 1.807) is 0 Å². The Labute approximate surface area is 113 Å². The van der Waals surface area contributed by atoms with Crippen LogP contribution in [0.2, 0.25) is 0 Å². The molecule has 1 rings (SSSR count). The lowest BCUT2D eigenvalue weighted by atomic mass is 10.2. The molecule has 0 amide bonds. The van der Waals surface area contributed by atoms with Crippen LogP contribution in [0, 0.1) is 11.8 Å². The average molecular weight is 347 g/mol. The summed E-state index contributed by atoms with van der Waals surface area (Å²) in [7, 11) is 0. The molecule has 2 nitrogen and oxygen atoms in total. The number of hydrogen-bond acceptors (Lipinski definition) is 2. The minimum atomic E-state index is 0.513. The van der Waals surface area contributed by atoms with Gasteiger partial charge in [0.2, 0.25) is 0 Å². The first-order valence-corrected chi connectivity index (χ1v) is 6.48. The zero-order chi connectivity index (χ0) is 12.0. The molecule has 0 aliphatic heterocycles. The molecule has 16 heavy (non-hydrogen) atoms. The number of nitrogens with two attached hydrogens (primary N) is 1. The second-order valence-electron chi connectivity index (χ2n) is 3.12. The van der Waals surface area contributed by atoms with Crippen LogP contribution in [0.25, 0.3) is 0 Å². The van der Waals surface area contributed by atoms with E-state index in [0.717, 1.165) is 26.7 Å². The average Bonchev–Trinajstić information content (AvgIpc) is 2.26. The van der Waals surface area contributed by atoms with E-state index in [-0.39, 0.29) is 0 Å². The maximum absolute atomic E-state index is 5.63. The first-order chi connectivity index (χ1) is 7.69. The van der Waals surface area contributed by atoms with E-state index in [2.05, 4.69) is 43.7 Å². The standard InChI is InChI=1S/C12H13Br2NO/c1-2-3-4-5-16-12-10(13)6-9(8-15)7-11(12)14/h6-7H,4-5,8,15H2,1H3. The summed E-state index contributed by atoms with van der Waals surface area (Å²) in [6, 6.07) is 3.93. The SMILES string of the molecule is CC#CCCOc1c(Br)cc(CN)cc1Br. The third kappa shape index (κ3) is 3.82. The highest BCUT2D eigenvalue weighted by atomic mass is 79.9. The lowest BCUT2D eigenvalue weighted by Gasteiger charge is -2.10. The van der Waals surface area contributed by atoms with Crippen molar-refractivity contribution >= 4 is 31.9 Å². The van der Waals surface area contributed by atoms with Crippen molar-refractivity contribution in [1.82, 2.24) is 0 Å². The third-order valence-electron chi connectivity index (χ3n) is 1.94. The van der Waals surface area contributed by atoms with Gasteiger partial charge >= 0.3 is 0 Å². The van der Waals surface area contributed by atoms with Crippen molar-refractivity contribution < 1.29 is 4.74 Å². The van der Waals surface area contributed by atoms with Crippen molar-refractivity contribution in [2.24, 2.45) is 5.73 Å². The van der Waals surface area contributed by atoms with Crippen LogP contribution in [0.4, 0.5) is 0 Å². The van der Waals surface area contributed by atoms with Gasteiger partial charge in [-0.2, -0.15) is 0 Å². The number of hydrogen-bond donors (Lipinski definition) is 1. The molecule has 4 heteroatoms. The zero-order valence-corrected chi connectivity index (χ0v) is 12.2. The van der Waals surface area contributed by atoms with E-state index in [1.807, 2.05) is 19.1 Å². The van der Waals surface area contributed by atoms with E-state index in [0.29, 0.717) is 13.2 Å². The summed E-state index contributed by atoms with van der Waals surface area (Å²) in [6.07, 6.45) is 0.730. The molecule has 86 valence electrons. The van der Waals surface area contributed by atoms with Crippen molar-refractivity contribution in [2.75, 3.05) is 6.61 Å². The highest BCUT2D eigenvalue weighted by Crippen LogP contribution is 2.34. The molecule has 1 aromatic carbocycles. The van der Waals surface area contributed by atoms with E-state index >= 15 is 0 Å². The molecule has 0 aliphatic rings. The molecule has 0 bridgehead atoms. The summed E-state index contributed by atoms with van der Waals surface area (Å²) < 4.78 is 7.45. The molecule has 0 heterocycles. The van der Waals surface area contributed by atoms with Gasteiger partial charge < -0.3 is 10.5 Å². The largest absolute Gasteiger partial charge is 0.490 e. The van der Waals surface area contributed by atoms with Gasteiger partial charge in [0.1, 0.15) is 5.75 Å². The van der Waals surface area contributed by atoms with E-state index < -0.39 is 0 Å². The minimum Gasteiger partial charge on any atom is -0.490 e. The Morgan fingerprint density at radius 3 is 2.44 bits per heavy atom. The lowest BCUT2D eigenvalue weighted by molar-refractivity contribution is 0.323. The van der Waals surface area contributed by atoms with Gasteiger partial charge in [0, 0.05) is 13.0 Å². The van der Waals surface area contributed by atoms with Crippen molar-refractivity contribution in [3.63, 3.8) is 0 Å². The van der Waals surface area contributed by atoms with Crippen LogP contribution in [-0.2, 0) is 6.54 Å². The second kappa shape index (κ2) is 6.95. The smallest absolute Gasteiger partial charge is 0.147 e. The number of ether oxygens (including phenoxy) is 1. The van der Waals surface area contributed by atoms with Gasteiger partial charge in [-0.25, -0.2) is 0 Å². The van der Waals surface area contributed by atoms with Gasteiger partial charge in [-0.05, 0) is 56.5 Å². The molecule has 0 atom stereocenters. The van der Waals surface area contributed by atoms with E-state index in [4.69, 9.17) is 10.5 Å². The molecule has 0 saturated heterocycles. The van der Waals surface area contributed by atoms with Crippen LogP contribution in [0.5, 0.6) is 5.75 Å². The minimum absolute atomic E-state index is 0.513. The first kappa shape index (κ1) is 13.6. The van der Waals surface area contributed by atoms with Crippen molar-refractivity contribution in [3.05, 3.63) is 26.6 Å². The summed E-state index contributed by atoms with van der Waals surface area (Å²) >= 11 is 6.92. The van der Waals surface area contributed by atoms with Crippen LogP contribution in [-0.4, -0.2) is 6.61 Å². The maximum Gasteiger partial charge on any atom is 0.147 e. The molecule has 0 fully saturated rings. The van der Waals surface area contributed by atoms with Crippen molar-refractivity contribution in [1.29, 1.82) is 0 Å². The van der Waals surface area contributed by atoms with Gasteiger partial charge in [-0.1, -0.05) is 0 Å². The fourth-order valence-corrected chi connectivity index (χ4v) is 2.71.